The van der Waals surface area contributed by atoms with Gasteiger partial charge in [-0.2, -0.15) is 0 Å². The first kappa shape index (κ1) is 23.3. The highest BCUT2D eigenvalue weighted by Crippen LogP contribution is 2.25. The van der Waals surface area contributed by atoms with Gasteiger partial charge >= 0.3 is 5.97 Å². The van der Waals surface area contributed by atoms with E-state index in [-0.39, 0.29) is 23.5 Å². The highest BCUT2D eigenvalue weighted by molar-refractivity contribution is 7.92. The van der Waals surface area contributed by atoms with Crippen LogP contribution in [0.5, 0.6) is 0 Å². The van der Waals surface area contributed by atoms with Crippen molar-refractivity contribution in [1.29, 1.82) is 0 Å². The van der Waals surface area contributed by atoms with Crippen LogP contribution in [0.3, 0.4) is 0 Å². The Balaban J connectivity index is 2.36. The fourth-order valence-electron chi connectivity index (χ4n) is 2.87. The van der Waals surface area contributed by atoms with Gasteiger partial charge in [-0.3, -0.25) is 9.10 Å². The second-order valence-electron chi connectivity index (χ2n) is 6.52. The van der Waals surface area contributed by atoms with Crippen LogP contribution in [0.15, 0.2) is 36.4 Å². The van der Waals surface area contributed by atoms with E-state index in [1.807, 2.05) is 0 Å². The number of carbonyl (C=O) groups is 2. The molecule has 0 unspecified atom stereocenters. The number of sulfonamides is 1. The number of carbonyl (C=O) groups excluding carboxylic acids is 2. The van der Waals surface area contributed by atoms with Crippen molar-refractivity contribution in [2.75, 3.05) is 22.5 Å². The maximum Gasteiger partial charge on any atom is 0.338 e. The van der Waals surface area contributed by atoms with Gasteiger partial charge in [-0.1, -0.05) is 6.07 Å². The fraction of sp³-hybridized carbons (Fsp3) is 0.300. The van der Waals surface area contributed by atoms with Gasteiger partial charge in [-0.05, 0) is 50.6 Å². The molecule has 10 heteroatoms. The maximum absolute atomic E-state index is 13.6. The largest absolute Gasteiger partial charge is 0.462 e. The van der Waals surface area contributed by atoms with E-state index in [1.165, 1.54) is 13.0 Å². The zero-order valence-corrected chi connectivity index (χ0v) is 17.7. The van der Waals surface area contributed by atoms with Crippen LogP contribution in [-0.4, -0.2) is 39.2 Å². The van der Waals surface area contributed by atoms with Crippen LogP contribution in [-0.2, 0) is 19.6 Å². The molecule has 0 saturated carbocycles. The van der Waals surface area contributed by atoms with E-state index in [2.05, 4.69) is 5.32 Å². The summed E-state index contributed by atoms with van der Waals surface area (Å²) in [5.74, 6) is -3.67. The zero-order chi connectivity index (χ0) is 22.6. The van der Waals surface area contributed by atoms with Crippen molar-refractivity contribution in [3.05, 3.63) is 59.2 Å². The van der Waals surface area contributed by atoms with Crippen LogP contribution < -0.4 is 9.62 Å². The smallest absolute Gasteiger partial charge is 0.338 e. The van der Waals surface area contributed by atoms with Crippen LogP contribution >= 0.6 is 0 Å². The molecule has 2 aromatic carbocycles. The molecule has 0 heterocycles. The van der Waals surface area contributed by atoms with E-state index < -0.39 is 39.6 Å². The summed E-state index contributed by atoms with van der Waals surface area (Å²) in [5, 5.41) is 2.58. The van der Waals surface area contributed by atoms with Gasteiger partial charge in [0.2, 0.25) is 15.9 Å². The number of nitrogens with zero attached hydrogens (tertiary/aromatic N) is 1. The van der Waals surface area contributed by atoms with E-state index in [4.69, 9.17) is 4.74 Å². The van der Waals surface area contributed by atoms with Crippen molar-refractivity contribution in [3.63, 3.8) is 0 Å². The van der Waals surface area contributed by atoms with Crippen molar-refractivity contribution in [2.45, 2.75) is 26.8 Å². The lowest BCUT2D eigenvalue weighted by atomic mass is 10.1. The second kappa shape index (κ2) is 9.21. The van der Waals surface area contributed by atoms with Crippen LogP contribution in [0.1, 0.15) is 29.8 Å². The summed E-state index contributed by atoms with van der Waals surface area (Å²) in [7, 11) is -4.01. The lowest BCUT2D eigenvalue weighted by Crippen LogP contribution is -2.45. The molecular weight excluding hydrogens is 418 g/mol. The van der Waals surface area contributed by atoms with Crippen LogP contribution in [0.2, 0.25) is 0 Å². The minimum Gasteiger partial charge on any atom is -0.462 e. The highest BCUT2D eigenvalue weighted by Gasteiger charge is 2.30. The molecule has 7 nitrogen and oxygen atoms in total. The molecule has 0 radical (unpaired) electrons. The number of esters is 1. The Kier molecular flexibility index (Phi) is 7.14. The molecule has 1 N–H and O–H groups in total. The zero-order valence-electron chi connectivity index (χ0n) is 16.9. The third kappa shape index (κ3) is 5.12. The number of ether oxygens (including phenoxy) is 1. The Hall–Kier alpha value is -3.01. The van der Waals surface area contributed by atoms with E-state index in [0.29, 0.717) is 15.9 Å². The van der Waals surface area contributed by atoms with Gasteiger partial charge in [0.05, 0.1) is 24.1 Å². The fourth-order valence-corrected chi connectivity index (χ4v) is 4.04. The number of benzene rings is 2. The second-order valence-corrected chi connectivity index (χ2v) is 8.38. The summed E-state index contributed by atoms with van der Waals surface area (Å²) in [5.41, 5.74) is 0.783. The summed E-state index contributed by atoms with van der Waals surface area (Å²) < 4.78 is 57.1. The molecule has 0 bridgehead atoms. The summed E-state index contributed by atoms with van der Waals surface area (Å²) in [6.07, 6.45) is 0.852. The first-order valence-electron chi connectivity index (χ1n) is 8.99. The van der Waals surface area contributed by atoms with E-state index in [1.54, 1.807) is 26.0 Å². The molecule has 0 spiro atoms. The summed E-state index contributed by atoms with van der Waals surface area (Å²) in [6, 6.07) is 5.88. The van der Waals surface area contributed by atoms with E-state index in [9.17, 15) is 26.8 Å². The SMILES string of the molecule is CCOC(=O)c1cccc(NC(=O)[C@@H](C)N(c2ccc(F)c(F)c2)S(C)(=O)=O)c1C. The average molecular weight is 440 g/mol. The van der Waals surface area contributed by atoms with Gasteiger partial charge in [0.1, 0.15) is 6.04 Å². The molecule has 0 aromatic heterocycles. The van der Waals surface area contributed by atoms with Crippen molar-refractivity contribution < 1.29 is 31.5 Å². The van der Waals surface area contributed by atoms with Crippen molar-refractivity contribution in [2.24, 2.45) is 0 Å². The minimum absolute atomic E-state index is 0.184. The molecule has 1 amide bonds. The molecule has 0 aliphatic rings. The lowest BCUT2D eigenvalue weighted by Gasteiger charge is -2.28. The normalized spacial score (nSPS) is 12.2. The predicted octanol–water partition coefficient (Wildman–Crippen LogP) is 3.24. The Morgan fingerprint density at radius 2 is 1.83 bits per heavy atom. The molecule has 162 valence electrons. The van der Waals surface area contributed by atoms with E-state index in [0.717, 1.165) is 18.4 Å². The summed E-state index contributed by atoms with van der Waals surface area (Å²) in [4.78, 5) is 24.8. The summed E-state index contributed by atoms with van der Waals surface area (Å²) in [6.45, 7) is 4.76. The molecule has 1 atom stereocenters. The van der Waals surface area contributed by atoms with Crippen molar-refractivity contribution in [3.8, 4) is 0 Å². The van der Waals surface area contributed by atoms with Crippen LogP contribution in [0.4, 0.5) is 20.2 Å². The molecule has 30 heavy (non-hydrogen) atoms. The van der Waals surface area contributed by atoms with Crippen LogP contribution in [0, 0.1) is 18.6 Å². The Morgan fingerprint density at radius 1 is 1.17 bits per heavy atom. The van der Waals surface area contributed by atoms with Gasteiger partial charge in [0.15, 0.2) is 11.6 Å². The van der Waals surface area contributed by atoms with Gasteiger partial charge in [-0.15, -0.1) is 0 Å². The van der Waals surface area contributed by atoms with Gasteiger partial charge < -0.3 is 10.1 Å². The third-order valence-corrected chi connectivity index (χ3v) is 5.57. The number of hydrogen-bond donors (Lipinski definition) is 1. The van der Waals surface area contributed by atoms with Crippen molar-refractivity contribution >= 4 is 33.3 Å². The number of hydrogen-bond acceptors (Lipinski definition) is 5. The molecular formula is C20H22F2N2O5S. The molecule has 0 aliphatic heterocycles. The standard InChI is InChI=1S/C20H22F2N2O5S/c1-5-29-20(26)15-7-6-8-18(12(15)2)23-19(25)13(3)24(30(4,27)28)14-9-10-16(21)17(22)11-14/h6-11,13H,5H2,1-4H3,(H,23,25)/t13-/m1/s1. The summed E-state index contributed by atoms with van der Waals surface area (Å²) >= 11 is 0. The maximum atomic E-state index is 13.6. The molecule has 2 aromatic rings. The minimum atomic E-state index is -4.01. The highest BCUT2D eigenvalue weighted by atomic mass is 32.2. The Morgan fingerprint density at radius 3 is 2.40 bits per heavy atom. The van der Waals surface area contributed by atoms with E-state index >= 15 is 0 Å². The van der Waals surface area contributed by atoms with Gasteiger partial charge in [0, 0.05) is 11.8 Å². The molecule has 0 saturated heterocycles. The van der Waals surface area contributed by atoms with Crippen molar-refractivity contribution in [1.82, 2.24) is 0 Å². The number of nitrogens with one attached hydrogen (secondary N) is 1. The van der Waals surface area contributed by atoms with Gasteiger partial charge in [0.25, 0.3) is 0 Å². The quantitative estimate of drug-likeness (QED) is 0.668. The Labute approximate surface area is 173 Å². The first-order chi connectivity index (χ1) is 14.0. The topological polar surface area (TPSA) is 92.8 Å². The monoisotopic (exact) mass is 440 g/mol. The molecule has 0 fully saturated rings. The number of anilines is 2. The third-order valence-electron chi connectivity index (χ3n) is 4.33. The number of rotatable bonds is 7. The first-order valence-corrected chi connectivity index (χ1v) is 10.8. The number of halogens is 2. The molecule has 0 aliphatic carbocycles. The number of amides is 1. The lowest BCUT2D eigenvalue weighted by molar-refractivity contribution is -0.116. The molecule has 2 rings (SSSR count). The Bertz CT molecular complexity index is 1070. The average Bonchev–Trinajstić information content (AvgIpc) is 2.65. The predicted molar refractivity (Wildman–Crippen MR) is 109 cm³/mol. The van der Waals surface area contributed by atoms with Crippen LogP contribution in [0.25, 0.3) is 0 Å². The van der Waals surface area contributed by atoms with Gasteiger partial charge in [-0.25, -0.2) is 22.0 Å².